The molecule has 0 aliphatic carbocycles. The van der Waals surface area contributed by atoms with E-state index in [1.54, 1.807) is 43.3 Å². The van der Waals surface area contributed by atoms with E-state index in [0.29, 0.717) is 29.5 Å². The Morgan fingerprint density at radius 1 is 0.933 bits per heavy atom. The van der Waals surface area contributed by atoms with Crippen molar-refractivity contribution in [3.8, 4) is 11.1 Å². The van der Waals surface area contributed by atoms with Gasteiger partial charge in [-0.25, -0.2) is 14.0 Å². The number of nitrogens with zero attached hydrogens (tertiary/aromatic N) is 1. The number of ether oxygens (including phenoxy) is 2. The van der Waals surface area contributed by atoms with E-state index in [0.717, 1.165) is 10.5 Å². The standard InChI is InChI=1S/C34H36FNO9/c1-21(36(20-29(38)39)28(37)19-34(32(42)43)30(31(40)41)44-33(2,3)45-34)25(16-14-22-10-6-4-7-11-22)24-15-17-26(27(35)18-24)23-12-8-5-9-13-23/h4-13,15,17-18,21,25,30H,14,16,19-20H2,1-3H3,(H,38,39)(H,40,41)(H,42,43). The van der Waals surface area contributed by atoms with Crippen molar-refractivity contribution in [2.24, 2.45) is 0 Å². The minimum Gasteiger partial charge on any atom is -0.480 e. The molecular weight excluding hydrogens is 585 g/mol. The van der Waals surface area contributed by atoms with E-state index in [2.05, 4.69) is 0 Å². The number of carbonyl (C=O) groups excluding carboxylic acids is 1. The lowest BCUT2D eigenvalue weighted by Gasteiger charge is -2.36. The fraction of sp³-hybridized carbons (Fsp3) is 0.353. The summed E-state index contributed by atoms with van der Waals surface area (Å²) in [5.74, 6) is -8.47. The van der Waals surface area contributed by atoms with Crippen molar-refractivity contribution in [1.82, 2.24) is 4.90 Å². The first-order valence-corrected chi connectivity index (χ1v) is 14.5. The van der Waals surface area contributed by atoms with Gasteiger partial charge in [0.2, 0.25) is 11.5 Å². The summed E-state index contributed by atoms with van der Waals surface area (Å²) < 4.78 is 26.5. The molecule has 4 atom stereocenters. The third-order valence-electron chi connectivity index (χ3n) is 8.05. The van der Waals surface area contributed by atoms with E-state index < -0.39 is 72.0 Å². The van der Waals surface area contributed by atoms with Crippen molar-refractivity contribution in [3.63, 3.8) is 0 Å². The molecule has 3 aromatic carbocycles. The maximum Gasteiger partial charge on any atom is 0.340 e. The summed E-state index contributed by atoms with van der Waals surface area (Å²) in [6.45, 7) is 3.44. The second-order valence-electron chi connectivity index (χ2n) is 11.6. The number of aliphatic carboxylic acids is 3. The molecule has 0 spiro atoms. The molecule has 1 amide bonds. The molecule has 11 heteroatoms. The van der Waals surface area contributed by atoms with Crippen LogP contribution in [0.3, 0.4) is 0 Å². The molecule has 0 aromatic heterocycles. The highest BCUT2D eigenvalue weighted by atomic mass is 19.1. The lowest BCUT2D eigenvalue weighted by Crippen LogP contribution is -2.56. The number of carbonyl (C=O) groups is 4. The molecule has 0 saturated carbocycles. The molecule has 3 N–H and O–H groups in total. The van der Waals surface area contributed by atoms with Crippen molar-refractivity contribution < 1.29 is 48.4 Å². The number of hydrogen-bond donors (Lipinski definition) is 3. The summed E-state index contributed by atoms with van der Waals surface area (Å²) in [6, 6.07) is 22.3. The van der Waals surface area contributed by atoms with Crippen LogP contribution in [0.5, 0.6) is 0 Å². The number of hydrogen-bond acceptors (Lipinski definition) is 6. The summed E-state index contributed by atoms with van der Waals surface area (Å²) in [6.07, 6.45) is -2.15. The van der Waals surface area contributed by atoms with Gasteiger partial charge in [-0.3, -0.25) is 9.59 Å². The van der Waals surface area contributed by atoms with Gasteiger partial charge in [0, 0.05) is 17.5 Å². The predicted octanol–water partition coefficient (Wildman–Crippen LogP) is 4.96. The summed E-state index contributed by atoms with van der Waals surface area (Å²) >= 11 is 0. The second kappa shape index (κ2) is 13.6. The van der Waals surface area contributed by atoms with Gasteiger partial charge in [-0.05, 0) is 56.4 Å². The van der Waals surface area contributed by atoms with Crippen LogP contribution in [0.15, 0.2) is 78.9 Å². The van der Waals surface area contributed by atoms with Crippen molar-refractivity contribution >= 4 is 23.8 Å². The Labute approximate surface area is 260 Å². The Bertz CT molecular complexity index is 1550. The quantitative estimate of drug-likeness (QED) is 0.241. The first-order chi connectivity index (χ1) is 21.2. The van der Waals surface area contributed by atoms with Crippen LogP contribution in [0.1, 0.15) is 50.7 Å². The van der Waals surface area contributed by atoms with Crippen LogP contribution in [-0.2, 0) is 35.1 Å². The third-order valence-corrected chi connectivity index (χ3v) is 8.05. The Balaban J connectivity index is 1.72. The topological polar surface area (TPSA) is 151 Å². The highest BCUT2D eigenvalue weighted by Crippen LogP contribution is 2.41. The van der Waals surface area contributed by atoms with E-state index >= 15 is 4.39 Å². The first kappa shape index (κ1) is 33.3. The van der Waals surface area contributed by atoms with Crippen LogP contribution < -0.4 is 0 Å². The van der Waals surface area contributed by atoms with E-state index in [1.807, 2.05) is 36.4 Å². The van der Waals surface area contributed by atoms with Crippen LogP contribution in [0, 0.1) is 5.82 Å². The number of halogens is 1. The molecule has 1 heterocycles. The fourth-order valence-electron chi connectivity index (χ4n) is 5.92. The molecular formula is C34H36FNO9. The fourth-order valence-corrected chi connectivity index (χ4v) is 5.92. The number of benzene rings is 3. The van der Waals surface area contributed by atoms with E-state index in [9.17, 15) is 34.5 Å². The average Bonchev–Trinajstić information content (AvgIpc) is 3.28. The van der Waals surface area contributed by atoms with Gasteiger partial charge in [0.15, 0.2) is 11.9 Å². The third kappa shape index (κ3) is 7.55. The Morgan fingerprint density at radius 3 is 2.11 bits per heavy atom. The molecule has 4 unspecified atom stereocenters. The van der Waals surface area contributed by atoms with Crippen LogP contribution in [0.2, 0.25) is 0 Å². The van der Waals surface area contributed by atoms with E-state index in [4.69, 9.17) is 9.47 Å². The van der Waals surface area contributed by atoms with Gasteiger partial charge < -0.3 is 29.7 Å². The zero-order chi connectivity index (χ0) is 32.9. The van der Waals surface area contributed by atoms with Crippen LogP contribution in [-0.4, -0.2) is 74.1 Å². The molecule has 45 heavy (non-hydrogen) atoms. The summed E-state index contributed by atoms with van der Waals surface area (Å²) in [4.78, 5) is 51.4. The average molecular weight is 622 g/mol. The Hall–Kier alpha value is -4.61. The number of aryl methyl sites for hydroxylation is 1. The smallest absolute Gasteiger partial charge is 0.340 e. The highest BCUT2D eigenvalue weighted by molar-refractivity contribution is 5.94. The first-order valence-electron chi connectivity index (χ1n) is 14.5. The van der Waals surface area contributed by atoms with Crippen molar-refractivity contribution in [2.75, 3.05) is 6.54 Å². The lowest BCUT2D eigenvalue weighted by atomic mass is 9.84. The van der Waals surface area contributed by atoms with Crippen molar-refractivity contribution in [3.05, 3.63) is 95.8 Å². The van der Waals surface area contributed by atoms with Gasteiger partial charge in [0.25, 0.3) is 0 Å². The SMILES string of the molecule is CC(C(CCc1ccccc1)c1ccc(-c2ccccc2)c(F)c1)N(CC(=O)O)C(=O)CC1(C(=O)O)OC(C)(C)OC1C(=O)O. The van der Waals surface area contributed by atoms with Gasteiger partial charge in [-0.2, -0.15) is 0 Å². The largest absolute Gasteiger partial charge is 0.480 e. The number of carboxylic acid groups (broad SMARTS) is 3. The van der Waals surface area contributed by atoms with Gasteiger partial charge in [-0.15, -0.1) is 0 Å². The molecule has 1 saturated heterocycles. The normalized spacial score (nSPS) is 20.2. The maximum absolute atomic E-state index is 15.6. The van der Waals surface area contributed by atoms with Gasteiger partial charge in [-0.1, -0.05) is 72.8 Å². The zero-order valence-corrected chi connectivity index (χ0v) is 25.2. The molecule has 1 aliphatic heterocycles. The molecule has 0 bridgehead atoms. The minimum atomic E-state index is -2.62. The monoisotopic (exact) mass is 621 g/mol. The number of rotatable bonds is 13. The summed E-state index contributed by atoms with van der Waals surface area (Å²) in [5.41, 5.74) is -0.0914. The lowest BCUT2D eigenvalue weighted by molar-refractivity contribution is -0.189. The number of amides is 1. The molecule has 1 fully saturated rings. The van der Waals surface area contributed by atoms with Gasteiger partial charge in [0.05, 0.1) is 6.42 Å². The van der Waals surface area contributed by atoms with E-state index in [-0.39, 0.29) is 0 Å². The van der Waals surface area contributed by atoms with Crippen LogP contribution >= 0.6 is 0 Å². The van der Waals surface area contributed by atoms with Crippen LogP contribution in [0.25, 0.3) is 11.1 Å². The molecule has 1 aliphatic rings. The summed E-state index contributed by atoms with van der Waals surface area (Å²) in [7, 11) is 0. The predicted molar refractivity (Wildman–Crippen MR) is 161 cm³/mol. The Kier molecular flexibility index (Phi) is 10.0. The Morgan fingerprint density at radius 2 is 1.56 bits per heavy atom. The van der Waals surface area contributed by atoms with Gasteiger partial charge >= 0.3 is 17.9 Å². The van der Waals surface area contributed by atoms with Crippen LogP contribution in [0.4, 0.5) is 4.39 Å². The number of carboxylic acids is 3. The zero-order valence-electron chi connectivity index (χ0n) is 25.2. The highest BCUT2D eigenvalue weighted by Gasteiger charge is 2.63. The molecule has 4 rings (SSSR count). The van der Waals surface area contributed by atoms with E-state index in [1.165, 1.54) is 19.9 Å². The van der Waals surface area contributed by atoms with Gasteiger partial charge in [0.1, 0.15) is 12.4 Å². The van der Waals surface area contributed by atoms with Crippen molar-refractivity contribution in [2.45, 2.75) is 69.5 Å². The summed E-state index contributed by atoms with van der Waals surface area (Å²) in [5, 5.41) is 29.7. The molecule has 3 aromatic rings. The maximum atomic E-state index is 15.6. The molecule has 0 radical (unpaired) electrons. The van der Waals surface area contributed by atoms with Crippen molar-refractivity contribution in [1.29, 1.82) is 0 Å². The molecule has 10 nitrogen and oxygen atoms in total. The second-order valence-corrected chi connectivity index (χ2v) is 11.6. The minimum absolute atomic E-state index is 0.372. The molecule has 238 valence electrons.